The van der Waals surface area contributed by atoms with Crippen molar-refractivity contribution in [1.82, 2.24) is 19.8 Å². The van der Waals surface area contributed by atoms with E-state index in [0.29, 0.717) is 18.9 Å². The van der Waals surface area contributed by atoms with Crippen molar-refractivity contribution in [1.29, 1.82) is 0 Å². The van der Waals surface area contributed by atoms with Gasteiger partial charge in [0, 0.05) is 50.9 Å². The molecule has 0 atom stereocenters. The highest BCUT2D eigenvalue weighted by Gasteiger charge is 2.20. The number of aromatic nitrogens is 2. The third-order valence-corrected chi connectivity index (χ3v) is 6.88. The highest BCUT2D eigenvalue weighted by atomic mass is 19.1. The first kappa shape index (κ1) is 21.8. The molecule has 0 aliphatic carbocycles. The molecule has 2 aliphatic heterocycles. The standard InChI is InChI=1S/C28H27FN4O2/c29-21-6-7-23-24(22-4-2-1-3-20(22)18-35-27(23)17-21)15-19-5-8-26-25(16-19)31-28(34)33(26)14-13-32-11-9-30-10-12-32/h1-8,15-17,30H,9-14,18H2,(H,31,34)/b24-15+. The summed E-state index contributed by atoms with van der Waals surface area (Å²) in [4.78, 5) is 18.1. The largest absolute Gasteiger partial charge is 0.488 e. The van der Waals surface area contributed by atoms with Gasteiger partial charge in [0.25, 0.3) is 0 Å². The molecule has 2 N–H and O–H groups in total. The summed E-state index contributed by atoms with van der Waals surface area (Å²) in [6, 6.07) is 18.8. The maximum absolute atomic E-state index is 14.0. The van der Waals surface area contributed by atoms with Crippen LogP contribution in [0.25, 0.3) is 22.7 Å². The van der Waals surface area contributed by atoms with Crippen molar-refractivity contribution in [3.63, 3.8) is 0 Å². The molecule has 0 unspecified atom stereocenters. The van der Waals surface area contributed by atoms with Gasteiger partial charge in [0.1, 0.15) is 18.2 Å². The van der Waals surface area contributed by atoms with Crippen molar-refractivity contribution in [2.24, 2.45) is 0 Å². The topological polar surface area (TPSA) is 62.3 Å². The lowest BCUT2D eigenvalue weighted by molar-refractivity contribution is 0.232. The molecule has 7 heteroatoms. The number of aromatic amines is 1. The summed E-state index contributed by atoms with van der Waals surface area (Å²) in [6.07, 6.45) is 2.08. The molecule has 3 aromatic carbocycles. The van der Waals surface area contributed by atoms with Crippen LogP contribution in [0, 0.1) is 5.82 Å². The Morgan fingerprint density at radius 1 is 0.971 bits per heavy atom. The van der Waals surface area contributed by atoms with E-state index in [9.17, 15) is 9.18 Å². The molecule has 1 fully saturated rings. The van der Waals surface area contributed by atoms with Gasteiger partial charge in [-0.2, -0.15) is 0 Å². The number of rotatable bonds is 4. The van der Waals surface area contributed by atoms with E-state index >= 15 is 0 Å². The van der Waals surface area contributed by atoms with Crippen LogP contribution in [0.3, 0.4) is 0 Å². The number of imidazole rings is 1. The minimum absolute atomic E-state index is 0.0889. The molecule has 6 rings (SSSR count). The number of hydrogen-bond donors (Lipinski definition) is 2. The van der Waals surface area contributed by atoms with Gasteiger partial charge < -0.3 is 15.0 Å². The zero-order chi connectivity index (χ0) is 23.8. The van der Waals surface area contributed by atoms with Crippen LogP contribution in [0.5, 0.6) is 5.75 Å². The second-order valence-corrected chi connectivity index (χ2v) is 9.09. The molecule has 3 heterocycles. The molecule has 1 aromatic heterocycles. The van der Waals surface area contributed by atoms with E-state index in [1.165, 1.54) is 12.1 Å². The Bertz CT molecular complexity index is 1480. The van der Waals surface area contributed by atoms with E-state index in [-0.39, 0.29) is 11.5 Å². The molecule has 0 bridgehead atoms. The van der Waals surface area contributed by atoms with E-state index in [1.807, 2.05) is 41.0 Å². The number of piperazine rings is 1. The number of nitrogens with zero attached hydrogens (tertiary/aromatic N) is 2. The summed E-state index contributed by atoms with van der Waals surface area (Å²) in [5.74, 6) is 0.205. The first-order valence-corrected chi connectivity index (χ1v) is 12.0. The van der Waals surface area contributed by atoms with Crippen molar-refractivity contribution in [2.45, 2.75) is 13.2 Å². The van der Waals surface area contributed by atoms with E-state index < -0.39 is 0 Å². The Hall–Kier alpha value is -3.68. The predicted molar refractivity (Wildman–Crippen MR) is 136 cm³/mol. The Balaban J connectivity index is 1.38. The summed E-state index contributed by atoms with van der Waals surface area (Å²) in [5, 5.41) is 3.36. The predicted octanol–water partition coefficient (Wildman–Crippen LogP) is 3.86. The number of hydrogen-bond acceptors (Lipinski definition) is 4. The van der Waals surface area contributed by atoms with Crippen LogP contribution in [-0.4, -0.2) is 47.2 Å². The van der Waals surface area contributed by atoms with Crippen LogP contribution >= 0.6 is 0 Å². The number of benzene rings is 3. The average Bonchev–Trinajstić information content (AvgIpc) is 3.11. The van der Waals surface area contributed by atoms with Gasteiger partial charge in [-0.25, -0.2) is 9.18 Å². The number of nitrogens with one attached hydrogen (secondary N) is 2. The molecule has 35 heavy (non-hydrogen) atoms. The lowest BCUT2D eigenvalue weighted by Crippen LogP contribution is -2.44. The first-order chi connectivity index (χ1) is 17.2. The zero-order valence-corrected chi connectivity index (χ0v) is 19.4. The second-order valence-electron chi connectivity index (χ2n) is 9.09. The van der Waals surface area contributed by atoms with Gasteiger partial charge in [-0.3, -0.25) is 9.47 Å². The molecule has 0 radical (unpaired) electrons. The van der Waals surface area contributed by atoms with Crippen molar-refractivity contribution >= 4 is 22.7 Å². The normalized spacial score (nSPS) is 17.1. The van der Waals surface area contributed by atoms with E-state index in [1.54, 1.807) is 6.07 Å². The van der Waals surface area contributed by atoms with Crippen LogP contribution in [0.4, 0.5) is 4.39 Å². The summed E-state index contributed by atoms with van der Waals surface area (Å²) in [5.41, 5.74) is 6.49. The third kappa shape index (κ3) is 4.29. The van der Waals surface area contributed by atoms with Gasteiger partial charge in [0.15, 0.2) is 0 Å². The number of fused-ring (bicyclic) bond motifs is 3. The van der Waals surface area contributed by atoms with Gasteiger partial charge >= 0.3 is 5.69 Å². The van der Waals surface area contributed by atoms with Crippen LogP contribution in [0.2, 0.25) is 0 Å². The Labute approximate surface area is 202 Å². The highest BCUT2D eigenvalue weighted by molar-refractivity contribution is 5.95. The molecular weight excluding hydrogens is 443 g/mol. The van der Waals surface area contributed by atoms with Gasteiger partial charge in [0.2, 0.25) is 0 Å². The fourth-order valence-electron chi connectivity index (χ4n) is 5.04. The van der Waals surface area contributed by atoms with Gasteiger partial charge in [-0.1, -0.05) is 30.3 Å². The Morgan fingerprint density at radius 3 is 2.71 bits per heavy atom. The molecule has 1 saturated heterocycles. The van der Waals surface area contributed by atoms with Gasteiger partial charge in [0.05, 0.1) is 11.0 Å². The lowest BCUT2D eigenvalue weighted by Gasteiger charge is -2.27. The molecule has 178 valence electrons. The third-order valence-electron chi connectivity index (χ3n) is 6.88. The fraction of sp³-hybridized carbons (Fsp3) is 0.250. The van der Waals surface area contributed by atoms with Crippen molar-refractivity contribution < 1.29 is 9.13 Å². The van der Waals surface area contributed by atoms with Gasteiger partial charge in [-0.15, -0.1) is 0 Å². The quantitative estimate of drug-likeness (QED) is 0.476. The van der Waals surface area contributed by atoms with E-state index in [2.05, 4.69) is 27.3 Å². The second kappa shape index (κ2) is 9.17. The number of H-pyrrole nitrogens is 1. The van der Waals surface area contributed by atoms with Crippen molar-refractivity contribution in [2.75, 3.05) is 32.7 Å². The molecule has 0 saturated carbocycles. The van der Waals surface area contributed by atoms with Crippen molar-refractivity contribution in [3.8, 4) is 5.75 Å². The first-order valence-electron chi connectivity index (χ1n) is 12.0. The summed E-state index contributed by atoms with van der Waals surface area (Å²) in [7, 11) is 0. The summed E-state index contributed by atoms with van der Waals surface area (Å²) in [6.45, 7) is 5.88. The average molecular weight is 471 g/mol. The van der Waals surface area contributed by atoms with Crippen molar-refractivity contribution in [3.05, 3.63) is 99.2 Å². The fourth-order valence-corrected chi connectivity index (χ4v) is 5.04. The Kier molecular flexibility index (Phi) is 5.72. The van der Waals surface area contributed by atoms with Crippen LogP contribution < -0.4 is 15.7 Å². The number of ether oxygens (including phenoxy) is 1. The molecule has 0 spiro atoms. The maximum Gasteiger partial charge on any atom is 0.326 e. The van der Waals surface area contributed by atoms with Crippen LogP contribution in [0.15, 0.2) is 65.5 Å². The van der Waals surface area contributed by atoms with E-state index in [0.717, 1.165) is 71.6 Å². The molecule has 2 aliphatic rings. The molecule has 6 nitrogen and oxygen atoms in total. The Morgan fingerprint density at radius 2 is 1.83 bits per heavy atom. The smallest absolute Gasteiger partial charge is 0.326 e. The van der Waals surface area contributed by atoms with E-state index in [4.69, 9.17) is 4.74 Å². The monoisotopic (exact) mass is 470 g/mol. The summed E-state index contributed by atoms with van der Waals surface area (Å²) >= 11 is 0. The van der Waals surface area contributed by atoms with Crippen LogP contribution in [-0.2, 0) is 13.2 Å². The van der Waals surface area contributed by atoms with Gasteiger partial charge in [-0.05, 0) is 52.6 Å². The zero-order valence-electron chi connectivity index (χ0n) is 19.4. The molecular formula is C28H27FN4O2. The minimum Gasteiger partial charge on any atom is -0.488 e. The lowest BCUT2D eigenvalue weighted by atomic mass is 9.92. The molecule has 0 amide bonds. The maximum atomic E-state index is 14.0. The number of halogens is 1. The van der Waals surface area contributed by atoms with Crippen LogP contribution in [0.1, 0.15) is 22.3 Å². The SMILES string of the molecule is O=c1[nH]c2cc(/C=C3\c4ccccc4COc4cc(F)ccc43)ccc2n1CCN1CCNCC1. The summed E-state index contributed by atoms with van der Waals surface area (Å²) < 4.78 is 21.7. The minimum atomic E-state index is -0.324. The highest BCUT2D eigenvalue weighted by Crippen LogP contribution is 2.38. The molecule has 4 aromatic rings.